The molecule has 2 aromatic carbocycles. The van der Waals surface area contributed by atoms with Crippen LogP contribution in [0.15, 0.2) is 52.5 Å². The van der Waals surface area contributed by atoms with Crippen molar-refractivity contribution in [2.45, 2.75) is 24.7 Å². The molecule has 9 heteroatoms. The van der Waals surface area contributed by atoms with Crippen LogP contribution >= 0.6 is 0 Å². The number of hydrogen-bond donors (Lipinski definition) is 2. The summed E-state index contributed by atoms with van der Waals surface area (Å²) in [5, 5.41) is 14.0. The van der Waals surface area contributed by atoms with Crippen LogP contribution in [0.4, 0.5) is 0 Å². The third kappa shape index (κ3) is 4.75. The molecule has 2 N–H and O–H groups in total. The number of hydrazone groups is 1. The van der Waals surface area contributed by atoms with Crippen molar-refractivity contribution in [3.05, 3.63) is 53.6 Å². The second-order valence-electron chi connectivity index (χ2n) is 6.46. The Balaban J connectivity index is 1.66. The summed E-state index contributed by atoms with van der Waals surface area (Å²) >= 11 is 0. The number of phenolic OH excluding ortho intramolecular Hbond substituents is 1. The second kappa shape index (κ2) is 9.06. The SMILES string of the molecule is CCOc1cccc(/C=N/NC(=O)c2ccc(S(=O)(=O)N3CCCC3)cc2)c1O. The first-order chi connectivity index (χ1) is 13.9. The van der Waals surface area contributed by atoms with Gasteiger partial charge in [0.1, 0.15) is 0 Å². The molecule has 3 rings (SSSR count). The first kappa shape index (κ1) is 20.8. The minimum atomic E-state index is -3.52. The maximum atomic E-state index is 12.5. The van der Waals surface area contributed by atoms with Crippen LogP contribution in [0, 0.1) is 0 Å². The van der Waals surface area contributed by atoms with Gasteiger partial charge in [0.05, 0.1) is 17.7 Å². The van der Waals surface area contributed by atoms with E-state index in [0.29, 0.717) is 31.0 Å². The molecule has 0 radical (unpaired) electrons. The fraction of sp³-hybridized carbons (Fsp3) is 0.300. The van der Waals surface area contributed by atoms with Crippen molar-refractivity contribution in [3.63, 3.8) is 0 Å². The Bertz CT molecular complexity index is 997. The van der Waals surface area contributed by atoms with Crippen LogP contribution in [-0.2, 0) is 10.0 Å². The van der Waals surface area contributed by atoms with E-state index in [4.69, 9.17) is 4.74 Å². The average Bonchev–Trinajstić information content (AvgIpc) is 3.27. The molecule has 0 unspecified atom stereocenters. The number of ether oxygens (including phenoxy) is 1. The van der Waals surface area contributed by atoms with Gasteiger partial charge in [-0.05, 0) is 56.2 Å². The van der Waals surface area contributed by atoms with Crippen molar-refractivity contribution < 1.29 is 23.1 Å². The molecule has 0 bridgehead atoms. The van der Waals surface area contributed by atoms with E-state index in [-0.39, 0.29) is 16.2 Å². The molecule has 0 spiro atoms. The number of para-hydroxylation sites is 1. The number of phenols is 1. The number of carbonyl (C=O) groups excluding carboxylic acids is 1. The normalized spacial score (nSPS) is 14.9. The third-order valence-electron chi connectivity index (χ3n) is 4.52. The van der Waals surface area contributed by atoms with E-state index < -0.39 is 15.9 Å². The second-order valence-corrected chi connectivity index (χ2v) is 8.40. The zero-order valence-corrected chi connectivity index (χ0v) is 16.9. The Morgan fingerprint density at radius 3 is 2.55 bits per heavy atom. The predicted molar refractivity (Wildman–Crippen MR) is 109 cm³/mol. The fourth-order valence-corrected chi connectivity index (χ4v) is 4.51. The van der Waals surface area contributed by atoms with E-state index in [1.807, 2.05) is 6.92 Å². The Kier molecular flexibility index (Phi) is 6.50. The highest BCUT2D eigenvalue weighted by Crippen LogP contribution is 2.28. The van der Waals surface area contributed by atoms with E-state index >= 15 is 0 Å². The summed E-state index contributed by atoms with van der Waals surface area (Å²) < 4.78 is 31.8. The molecular formula is C20H23N3O5S. The highest BCUT2D eigenvalue weighted by molar-refractivity contribution is 7.89. The molecule has 0 saturated carbocycles. The van der Waals surface area contributed by atoms with Gasteiger partial charge < -0.3 is 9.84 Å². The molecule has 1 saturated heterocycles. The van der Waals surface area contributed by atoms with Crippen LogP contribution < -0.4 is 10.2 Å². The lowest BCUT2D eigenvalue weighted by Crippen LogP contribution is -2.28. The highest BCUT2D eigenvalue weighted by Gasteiger charge is 2.27. The molecule has 29 heavy (non-hydrogen) atoms. The molecule has 1 aliphatic heterocycles. The summed E-state index contributed by atoms with van der Waals surface area (Å²) in [6, 6.07) is 10.7. The summed E-state index contributed by atoms with van der Waals surface area (Å²) in [4.78, 5) is 12.4. The van der Waals surface area contributed by atoms with E-state index in [9.17, 15) is 18.3 Å². The minimum Gasteiger partial charge on any atom is -0.504 e. The van der Waals surface area contributed by atoms with Gasteiger partial charge in [0.2, 0.25) is 10.0 Å². The predicted octanol–water partition coefficient (Wildman–Crippen LogP) is 2.34. The zero-order chi connectivity index (χ0) is 20.9. The number of rotatable bonds is 7. The lowest BCUT2D eigenvalue weighted by molar-refractivity contribution is 0.0955. The van der Waals surface area contributed by atoms with Crippen molar-refractivity contribution in [2.24, 2.45) is 5.10 Å². The van der Waals surface area contributed by atoms with Gasteiger partial charge in [0.25, 0.3) is 5.91 Å². The zero-order valence-electron chi connectivity index (χ0n) is 16.0. The Morgan fingerprint density at radius 2 is 1.90 bits per heavy atom. The monoisotopic (exact) mass is 417 g/mol. The molecule has 0 aromatic heterocycles. The molecule has 0 aliphatic carbocycles. The smallest absolute Gasteiger partial charge is 0.271 e. The summed E-state index contributed by atoms with van der Waals surface area (Å²) in [5.41, 5.74) is 3.02. The maximum absolute atomic E-state index is 12.5. The summed E-state index contributed by atoms with van der Waals surface area (Å²) in [5.74, 6) is -0.228. The quantitative estimate of drug-likeness (QED) is 0.531. The third-order valence-corrected chi connectivity index (χ3v) is 6.43. The molecule has 1 amide bonds. The van der Waals surface area contributed by atoms with Gasteiger partial charge in [-0.15, -0.1) is 0 Å². The average molecular weight is 417 g/mol. The van der Waals surface area contributed by atoms with Gasteiger partial charge in [-0.3, -0.25) is 4.79 Å². The van der Waals surface area contributed by atoms with Gasteiger partial charge in [-0.25, -0.2) is 13.8 Å². The fourth-order valence-electron chi connectivity index (χ4n) is 3.00. The first-order valence-corrected chi connectivity index (χ1v) is 10.8. The number of benzene rings is 2. The lowest BCUT2D eigenvalue weighted by Gasteiger charge is -2.15. The largest absolute Gasteiger partial charge is 0.504 e. The summed E-state index contributed by atoms with van der Waals surface area (Å²) in [6.45, 7) is 3.27. The number of sulfonamides is 1. The van der Waals surface area contributed by atoms with E-state index in [1.54, 1.807) is 18.2 Å². The topological polar surface area (TPSA) is 108 Å². The molecule has 2 aromatic rings. The van der Waals surface area contributed by atoms with Gasteiger partial charge in [0, 0.05) is 24.2 Å². The number of amides is 1. The molecule has 0 atom stereocenters. The minimum absolute atomic E-state index is 0.0659. The van der Waals surface area contributed by atoms with E-state index in [2.05, 4.69) is 10.5 Å². The van der Waals surface area contributed by atoms with Gasteiger partial charge in [-0.2, -0.15) is 9.41 Å². The Hall–Kier alpha value is -2.91. The molecular weight excluding hydrogens is 394 g/mol. The van der Waals surface area contributed by atoms with Crippen molar-refractivity contribution >= 4 is 22.1 Å². The number of nitrogens with zero attached hydrogens (tertiary/aromatic N) is 2. The van der Waals surface area contributed by atoms with E-state index in [1.165, 1.54) is 34.8 Å². The van der Waals surface area contributed by atoms with Crippen molar-refractivity contribution in [3.8, 4) is 11.5 Å². The van der Waals surface area contributed by atoms with Crippen LogP contribution in [0.2, 0.25) is 0 Å². The van der Waals surface area contributed by atoms with Crippen LogP contribution in [0.3, 0.4) is 0 Å². The van der Waals surface area contributed by atoms with Crippen LogP contribution in [0.5, 0.6) is 11.5 Å². The number of carbonyl (C=O) groups is 1. The Labute approximate surface area is 169 Å². The number of nitrogens with one attached hydrogen (secondary N) is 1. The molecule has 8 nitrogen and oxygen atoms in total. The molecule has 1 aliphatic rings. The standard InChI is InChI=1S/C20H23N3O5S/c1-2-28-18-7-5-6-16(19(18)24)14-21-22-20(25)15-8-10-17(11-9-15)29(26,27)23-12-3-4-13-23/h5-11,14,24H,2-4,12-13H2,1H3,(H,22,25)/b21-14+. The first-order valence-electron chi connectivity index (χ1n) is 9.32. The molecule has 154 valence electrons. The Morgan fingerprint density at radius 1 is 1.21 bits per heavy atom. The van der Waals surface area contributed by atoms with Gasteiger partial charge in [0.15, 0.2) is 11.5 Å². The lowest BCUT2D eigenvalue weighted by atomic mass is 10.2. The van der Waals surface area contributed by atoms with Crippen LogP contribution in [0.25, 0.3) is 0 Å². The van der Waals surface area contributed by atoms with Crippen LogP contribution in [-0.4, -0.2) is 49.6 Å². The van der Waals surface area contributed by atoms with Crippen molar-refractivity contribution in [1.82, 2.24) is 9.73 Å². The summed E-state index contributed by atoms with van der Waals surface area (Å²) in [6.07, 6.45) is 3.03. The van der Waals surface area contributed by atoms with Crippen molar-refractivity contribution in [2.75, 3.05) is 19.7 Å². The molecule has 1 heterocycles. The van der Waals surface area contributed by atoms with E-state index in [0.717, 1.165) is 12.8 Å². The number of hydrogen-bond acceptors (Lipinski definition) is 6. The molecule has 1 fully saturated rings. The number of aromatic hydroxyl groups is 1. The summed E-state index contributed by atoms with van der Waals surface area (Å²) in [7, 11) is -3.52. The van der Waals surface area contributed by atoms with Gasteiger partial charge in [-0.1, -0.05) is 6.07 Å². The van der Waals surface area contributed by atoms with Crippen molar-refractivity contribution in [1.29, 1.82) is 0 Å². The maximum Gasteiger partial charge on any atom is 0.271 e. The highest BCUT2D eigenvalue weighted by atomic mass is 32.2. The van der Waals surface area contributed by atoms with Crippen LogP contribution in [0.1, 0.15) is 35.7 Å². The van der Waals surface area contributed by atoms with Gasteiger partial charge >= 0.3 is 0 Å².